The topological polar surface area (TPSA) is 65.0 Å². The average Bonchev–Trinajstić information content (AvgIpc) is 3.04. The summed E-state index contributed by atoms with van der Waals surface area (Å²) in [6, 6.07) is 17.1. The molecular weight excluding hydrogens is 358 g/mol. The van der Waals surface area contributed by atoms with Crippen LogP contribution in [0, 0.1) is 0 Å². The van der Waals surface area contributed by atoms with Crippen molar-refractivity contribution in [3.05, 3.63) is 65.7 Å². The normalized spacial score (nSPS) is 20.2. The maximum atomic E-state index is 11.4. The molecule has 0 N–H and O–H groups in total. The molecule has 2 aromatic carbocycles. The predicted molar refractivity (Wildman–Crippen MR) is 99.6 cm³/mol. The lowest BCUT2D eigenvalue weighted by molar-refractivity contribution is 0.163. The fourth-order valence-electron chi connectivity index (χ4n) is 2.57. The van der Waals surface area contributed by atoms with Crippen molar-refractivity contribution in [1.29, 1.82) is 0 Å². The van der Waals surface area contributed by atoms with Gasteiger partial charge in [0.1, 0.15) is 6.04 Å². The van der Waals surface area contributed by atoms with E-state index >= 15 is 0 Å². The second-order valence-electron chi connectivity index (χ2n) is 5.67. The molecule has 2 atom stereocenters. The quantitative estimate of drug-likeness (QED) is 0.571. The summed E-state index contributed by atoms with van der Waals surface area (Å²) in [4.78, 5) is 5.71. The third kappa shape index (κ3) is 4.62. The average molecular weight is 377 g/mol. The van der Waals surface area contributed by atoms with Gasteiger partial charge in [-0.05, 0) is 36.1 Å². The first-order valence-corrected chi connectivity index (χ1v) is 10.8. The Kier molecular flexibility index (Phi) is 5.46. The Balaban J connectivity index is 1.87. The van der Waals surface area contributed by atoms with Gasteiger partial charge in [0.2, 0.25) is 5.90 Å². The number of hydrogen-bond donors (Lipinski definition) is 0. The largest absolute Gasteiger partial charge is 0.467 e. The molecule has 0 fully saturated rings. The van der Waals surface area contributed by atoms with Crippen LogP contribution in [0.3, 0.4) is 0 Å². The van der Waals surface area contributed by atoms with E-state index in [1.54, 1.807) is 11.8 Å². The summed E-state index contributed by atoms with van der Waals surface area (Å²) in [5, 5.41) is 0. The van der Waals surface area contributed by atoms with E-state index in [-0.39, 0.29) is 12.7 Å². The van der Waals surface area contributed by atoms with Crippen LogP contribution in [-0.4, -0.2) is 39.5 Å². The summed E-state index contributed by atoms with van der Waals surface area (Å²) in [6.07, 6.45) is 2.67. The molecule has 1 aliphatic rings. The molecular formula is C18H19NO4S2. The fraction of sp³-hybridized carbons (Fsp3) is 0.278. The fourth-order valence-corrected chi connectivity index (χ4v) is 3.37. The summed E-state index contributed by atoms with van der Waals surface area (Å²) in [5.41, 5.74) is 1.80. The molecule has 2 aromatic rings. The van der Waals surface area contributed by atoms with Crippen molar-refractivity contribution in [2.45, 2.75) is 17.0 Å². The van der Waals surface area contributed by atoms with Gasteiger partial charge < -0.3 is 4.74 Å². The van der Waals surface area contributed by atoms with Crippen molar-refractivity contribution in [3.8, 4) is 0 Å². The van der Waals surface area contributed by atoms with Gasteiger partial charge in [-0.25, -0.2) is 4.99 Å². The van der Waals surface area contributed by atoms with Crippen molar-refractivity contribution in [2.75, 3.05) is 19.1 Å². The maximum Gasteiger partial charge on any atom is 0.264 e. The van der Waals surface area contributed by atoms with Crippen LogP contribution < -0.4 is 0 Å². The number of ether oxygens (including phenoxy) is 1. The Bertz CT molecular complexity index is 848. The van der Waals surface area contributed by atoms with Crippen LogP contribution in [-0.2, 0) is 19.0 Å². The minimum Gasteiger partial charge on any atom is -0.467 e. The van der Waals surface area contributed by atoms with Gasteiger partial charge >= 0.3 is 0 Å². The Morgan fingerprint density at radius 3 is 2.40 bits per heavy atom. The van der Waals surface area contributed by atoms with Crippen LogP contribution in [0.5, 0.6) is 0 Å². The number of thioether (sulfide) groups is 1. The number of benzene rings is 2. The molecule has 0 saturated carbocycles. The third-order valence-electron chi connectivity index (χ3n) is 3.79. The maximum absolute atomic E-state index is 11.4. The van der Waals surface area contributed by atoms with Gasteiger partial charge in [0.05, 0.1) is 12.9 Å². The van der Waals surface area contributed by atoms with E-state index in [2.05, 4.69) is 4.99 Å². The zero-order valence-electron chi connectivity index (χ0n) is 14.0. The summed E-state index contributed by atoms with van der Waals surface area (Å²) >= 11 is 1.66. The molecule has 1 heterocycles. The molecule has 0 amide bonds. The van der Waals surface area contributed by atoms with E-state index < -0.39 is 16.2 Å². The summed E-state index contributed by atoms with van der Waals surface area (Å²) in [6.45, 7) is -0.0515. The molecule has 0 saturated heterocycles. The van der Waals surface area contributed by atoms with Crippen molar-refractivity contribution >= 4 is 27.8 Å². The van der Waals surface area contributed by atoms with Crippen molar-refractivity contribution < 1.29 is 17.3 Å². The lowest BCUT2D eigenvalue weighted by Crippen LogP contribution is -2.22. The highest BCUT2D eigenvalue weighted by Crippen LogP contribution is 2.32. The minimum absolute atomic E-state index is 0.0515. The molecule has 0 spiro atoms. The lowest BCUT2D eigenvalue weighted by atomic mass is 10.0. The Labute approximate surface area is 152 Å². The van der Waals surface area contributed by atoms with E-state index in [0.717, 1.165) is 22.3 Å². The van der Waals surface area contributed by atoms with Gasteiger partial charge in [-0.3, -0.25) is 4.18 Å². The van der Waals surface area contributed by atoms with E-state index in [9.17, 15) is 8.42 Å². The third-order valence-corrected chi connectivity index (χ3v) is 5.10. The van der Waals surface area contributed by atoms with Crippen LogP contribution in [0.4, 0.5) is 0 Å². The minimum atomic E-state index is -3.54. The number of aliphatic imine (C=N–C) groups is 1. The number of rotatable bonds is 6. The smallest absolute Gasteiger partial charge is 0.264 e. The molecule has 0 aromatic heterocycles. The van der Waals surface area contributed by atoms with Crippen molar-refractivity contribution in [3.63, 3.8) is 0 Å². The first-order chi connectivity index (χ1) is 12.0. The highest BCUT2D eigenvalue weighted by Gasteiger charge is 2.34. The Morgan fingerprint density at radius 2 is 1.80 bits per heavy atom. The molecule has 25 heavy (non-hydrogen) atoms. The summed E-state index contributed by atoms with van der Waals surface area (Å²) in [7, 11) is -3.54. The van der Waals surface area contributed by atoms with Crippen LogP contribution in [0.15, 0.2) is 64.5 Å². The van der Waals surface area contributed by atoms with Gasteiger partial charge in [0, 0.05) is 10.5 Å². The second kappa shape index (κ2) is 7.59. The Morgan fingerprint density at radius 1 is 1.12 bits per heavy atom. The standard InChI is InChI=1S/C18H19NO4S2/c1-24-15-10-8-13(9-11-15)17-16(12-22-25(2,20)21)19-18(23-17)14-6-4-3-5-7-14/h3-11,16-17H,12H2,1-2H3/t16-,17-/m0/s1. The van der Waals surface area contributed by atoms with Crippen molar-refractivity contribution in [2.24, 2.45) is 4.99 Å². The molecule has 5 nitrogen and oxygen atoms in total. The van der Waals surface area contributed by atoms with Crippen LogP contribution >= 0.6 is 11.8 Å². The number of nitrogens with zero attached hydrogens (tertiary/aromatic N) is 1. The van der Waals surface area contributed by atoms with Crippen molar-refractivity contribution in [1.82, 2.24) is 0 Å². The van der Waals surface area contributed by atoms with Crippen LogP contribution in [0.25, 0.3) is 0 Å². The Hall–Kier alpha value is -1.83. The van der Waals surface area contributed by atoms with Crippen LogP contribution in [0.2, 0.25) is 0 Å². The molecule has 3 rings (SSSR count). The summed E-state index contributed by atoms with van der Waals surface area (Å²) in [5.74, 6) is 0.502. The molecule has 0 aliphatic carbocycles. The van der Waals surface area contributed by atoms with E-state index in [4.69, 9.17) is 8.92 Å². The van der Waals surface area contributed by atoms with E-state index in [1.807, 2.05) is 60.9 Å². The second-order valence-corrected chi connectivity index (χ2v) is 8.19. The first kappa shape index (κ1) is 18.0. The zero-order chi connectivity index (χ0) is 17.9. The van der Waals surface area contributed by atoms with Gasteiger partial charge in [-0.1, -0.05) is 30.3 Å². The van der Waals surface area contributed by atoms with Gasteiger partial charge in [0.15, 0.2) is 6.10 Å². The lowest BCUT2D eigenvalue weighted by Gasteiger charge is -2.18. The van der Waals surface area contributed by atoms with E-state index in [1.165, 1.54) is 0 Å². The molecule has 0 unspecified atom stereocenters. The molecule has 132 valence electrons. The first-order valence-electron chi connectivity index (χ1n) is 7.74. The van der Waals surface area contributed by atoms with Gasteiger partial charge in [-0.15, -0.1) is 11.8 Å². The van der Waals surface area contributed by atoms with Gasteiger partial charge in [-0.2, -0.15) is 8.42 Å². The number of hydrogen-bond acceptors (Lipinski definition) is 6. The molecule has 0 bridgehead atoms. The monoisotopic (exact) mass is 377 g/mol. The van der Waals surface area contributed by atoms with Gasteiger partial charge in [0.25, 0.3) is 10.1 Å². The highest BCUT2D eigenvalue weighted by molar-refractivity contribution is 7.98. The highest BCUT2D eigenvalue weighted by atomic mass is 32.2. The van der Waals surface area contributed by atoms with E-state index in [0.29, 0.717) is 5.90 Å². The molecule has 0 radical (unpaired) electrons. The summed E-state index contributed by atoms with van der Waals surface area (Å²) < 4.78 is 33.7. The van der Waals surface area contributed by atoms with Crippen LogP contribution in [0.1, 0.15) is 17.2 Å². The predicted octanol–water partition coefficient (Wildman–Crippen LogP) is 3.27. The molecule has 7 heteroatoms. The molecule has 1 aliphatic heterocycles. The zero-order valence-corrected chi connectivity index (χ0v) is 15.6. The SMILES string of the molecule is CSc1ccc([C@@H]2OC(c3ccccc3)=N[C@H]2COS(C)(=O)=O)cc1.